The van der Waals surface area contributed by atoms with E-state index in [1.807, 2.05) is 19.1 Å². The van der Waals surface area contributed by atoms with Gasteiger partial charge in [0.25, 0.3) is 11.6 Å². The number of benzene rings is 2. The van der Waals surface area contributed by atoms with Gasteiger partial charge in [-0.25, -0.2) is 14.6 Å². The topological polar surface area (TPSA) is 138 Å². The maximum absolute atomic E-state index is 13.6. The minimum absolute atomic E-state index is 0.0124. The Bertz CT molecular complexity index is 1810. The number of nitro benzene ring substituents is 1. The number of nitro groups is 1. The number of amides is 1. The van der Waals surface area contributed by atoms with E-state index in [9.17, 15) is 24.5 Å². The number of nitrogens with zero attached hydrogens (tertiary/aromatic N) is 2. The second-order valence-electron chi connectivity index (χ2n) is 10.0. The van der Waals surface area contributed by atoms with E-state index in [0.717, 1.165) is 22.4 Å². The van der Waals surface area contributed by atoms with Crippen LogP contribution in [0.15, 0.2) is 48.5 Å². The normalized spacial score (nSPS) is 13.4. The Morgan fingerprint density at radius 1 is 1.05 bits per heavy atom. The lowest BCUT2D eigenvalue weighted by atomic mass is 9.86. The quantitative estimate of drug-likeness (QED) is 0.135. The summed E-state index contributed by atoms with van der Waals surface area (Å²) in [6.07, 6.45) is 3.86. The number of para-hydroxylation sites is 1. The Kier molecular flexibility index (Phi) is 8.63. The molecule has 0 saturated carbocycles. The van der Waals surface area contributed by atoms with Crippen LogP contribution in [0.2, 0.25) is 0 Å². The Labute approximate surface area is 251 Å². The summed E-state index contributed by atoms with van der Waals surface area (Å²) in [5.74, 6) is -1.77. The number of aryl methyl sites for hydroxylation is 1. The van der Waals surface area contributed by atoms with Gasteiger partial charge in [-0.05, 0) is 74.4 Å². The second kappa shape index (κ2) is 12.5. The standard InChI is InChI=1S/C32H29N3O7S/c1-4-41-31(37)27-18(2)19(3)43-30(27)34-26(36)17-42-32(38)28-23-12-5-6-14-25(23)33-29-21(10-8-13-24(28)29)15-20-9-7-11-22(16-20)35(39)40/h5-7,9,11-12,14-16H,4,8,10,13,17H2,1-3H3,(H,34,36). The summed E-state index contributed by atoms with van der Waals surface area (Å²) in [5.41, 5.74) is 4.80. The molecule has 0 spiro atoms. The van der Waals surface area contributed by atoms with Gasteiger partial charge >= 0.3 is 11.9 Å². The van der Waals surface area contributed by atoms with E-state index in [4.69, 9.17) is 14.5 Å². The van der Waals surface area contributed by atoms with Crippen LogP contribution in [0.3, 0.4) is 0 Å². The van der Waals surface area contributed by atoms with Crippen LogP contribution in [-0.4, -0.2) is 41.0 Å². The van der Waals surface area contributed by atoms with Gasteiger partial charge in [0.05, 0.1) is 33.9 Å². The predicted octanol–water partition coefficient (Wildman–Crippen LogP) is 6.67. The summed E-state index contributed by atoms with van der Waals surface area (Å²) >= 11 is 1.25. The number of rotatable bonds is 8. The molecule has 1 N–H and O–H groups in total. The summed E-state index contributed by atoms with van der Waals surface area (Å²) in [7, 11) is 0. The van der Waals surface area contributed by atoms with E-state index < -0.39 is 29.4 Å². The number of thiophene rings is 1. The first-order chi connectivity index (χ1) is 20.7. The van der Waals surface area contributed by atoms with Crippen LogP contribution in [0, 0.1) is 24.0 Å². The number of esters is 2. The molecule has 2 aromatic heterocycles. The molecule has 0 bridgehead atoms. The Hall–Kier alpha value is -4.90. The van der Waals surface area contributed by atoms with Gasteiger partial charge in [-0.2, -0.15) is 0 Å². The minimum atomic E-state index is -0.661. The van der Waals surface area contributed by atoms with E-state index in [-0.39, 0.29) is 12.3 Å². The van der Waals surface area contributed by atoms with Crippen molar-refractivity contribution in [3.05, 3.63) is 97.0 Å². The molecule has 0 fully saturated rings. The third kappa shape index (κ3) is 6.17. The van der Waals surface area contributed by atoms with Crippen molar-refractivity contribution in [3.63, 3.8) is 0 Å². The van der Waals surface area contributed by atoms with Gasteiger partial charge in [-0.3, -0.25) is 14.9 Å². The second-order valence-corrected chi connectivity index (χ2v) is 11.3. The van der Waals surface area contributed by atoms with E-state index in [2.05, 4.69) is 5.32 Å². The minimum Gasteiger partial charge on any atom is -0.462 e. The third-order valence-corrected chi connectivity index (χ3v) is 8.37. The van der Waals surface area contributed by atoms with Gasteiger partial charge in [0.15, 0.2) is 6.61 Å². The number of fused-ring (bicyclic) bond motifs is 2. The fraction of sp³-hybridized carbons (Fsp3) is 0.250. The van der Waals surface area contributed by atoms with Crippen molar-refractivity contribution in [3.8, 4) is 0 Å². The first-order valence-corrected chi connectivity index (χ1v) is 14.6. The van der Waals surface area contributed by atoms with E-state index >= 15 is 0 Å². The number of ether oxygens (including phenoxy) is 2. The number of carbonyl (C=O) groups excluding carboxylic acids is 3. The first kappa shape index (κ1) is 29.6. The lowest BCUT2D eigenvalue weighted by Crippen LogP contribution is -2.23. The molecule has 0 unspecified atom stereocenters. The molecule has 0 atom stereocenters. The van der Waals surface area contributed by atoms with E-state index in [0.29, 0.717) is 56.7 Å². The van der Waals surface area contributed by atoms with Gasteiger partial charge in [0, 0.05) is 22.4 Å². The molecule has 1 aliphatic rings. The largest absolute Gasteiger partial charge is 0.462 e. The lowest BCUT2D eigenvalue weighted by molar-refractivity contribution is -0.384. The highest BCUT2D eigenvalue weighted by Gasteiger charge is 2.27. The molecular formula is C32H29N3O7S. The van der Waals surface area contributed by atoms with Crippen LogP contribution in [-0.2, 0) is 20.7 Å². The molecule has 43 heavy (non-hydrogen) atoms. The number of aromatic nitrogens is 1. The fourth-order valence-electron chi connectivity index (χ4n) is 5.17. The zero-order valence-corrected chi connectivity index (χ0v) is 24.7. The smallest absolute Gasteiger partial charge is 0.341 e. The zero-order chi connectivity index (χ0) is 30.7. The van der Waals surface area contributed by atoms with Crippen LogP contribution in [0.5, 0.6) is 0 Å². The van der Waals surface area contributed by atoms with Crippen molar-refractivity contribution >= 4 is 62.4 Å². The van der Waals surface area contributed by atoms with Gasteiger partial charge in [-0.1, -0.05) is 30.3 Å². The molecule has 0 saturated heterocycles. The monoisotopic (exact) mass is 599 g/mol. The Balaban J connectivity index is 1.43. The number of carbonyl (C=O) groups is 3. The highest BCUT2D eigenvalue weighted by Crippen LogP contribution is 2.37. The maximum Gasteiger partial charge on any atom is 0.341 e. The predicted molar refractivity (Wildman–Crippen MR) is 164 cm³/mol. The van der Waals surface area contributed by atoms with Crippen LogP contribution in [0.25, 0.3) is 22.6 Å². The number of anilines is 1. The molecule has 1 aliphatic carbocycles. The van der Waals surface area contributed by atoms with Gasteiger partial charge in [-0.15, -0.1) is 11.3 Å². The van der Waals surface area contributed by atoms with Gasteiger partial charge in [0.1, 0.15) is 5.00 Å². The average Bonchev–Trinajstić information content (AvgIpc) is 3.27. The summed E-state index contributed by atoms with van der Waals surface area (Å²) in [6.45, 7) is 4.98. The van der Waals surface area contributed by atoms with Gasteiger partial charge in [0.2, 0.25) is 0 Å². The van der Waals surface area contributed by atoms with Crippen LogP contribution in [0.4, 0.5) is 10.7 Å². The Morgan fingerprint density at radius 3 is 2.58 bits per heavy atom. The van der Waals surface area contributed by atoms with Crippen molar-refractivity contribution in [1.82, 2.24) is 4.98 Å². The maximum atomic E-state index is 13.6. The molecule has 2 aromatic carbocycles. The summed E-state index contributed by atoms with van der Waals surface area (Å²) < 4.78 is 10.7. The van der Waals surface area contributed by atoms with Crippen LogP contribution >= 0.6 is 11.3 Å². The highest BCUT2D eigenvalue weighted by atomic mass is 32.1. The molecular weight excluding hydrogens is 570 g/mol. The molecule has 220 valence electrons. The number of hydrogen-bond acceptors (Lipinski definition) is 9. The number of allylic oxidation sites excluding steroid dienone is 1. The van der Waals surface area contributed by atoms with Crippen molar-refractivity contribution in [2.24, 2.45) is 0 Å². The number of pyridine rings is 1. The number of hydrogen-bond donors (Lipinski definition) is 1. The van der Waals surface area contributed by atoms with E-state index in [1.54, 1.807) is 44.2 Å². The average molecular weight is 600 g/mol. The lowest BCUT2D eigenvalue weighted by Gasteiger charge is -2.22. The molecule has 4 aromatic rings. The van der Waals surface area contributed by atoms with Crippen LogP contribution in [0.1, 0.15) is 67.7 Å². The van der Waals surface area contributed by atoms with Gasteiger partial charge < -0.3 is 14.8 Å². The SMILES string of the molecule is CCOC(=O)c1c(NC(=O)COC(=O)c2c3c(nc4ccccc24)C(=Cc2cccc([N+](=O)[O-])c2)CCC3)sc(C)c1C. The van der Waals surface area contributed by atoms with Crippen molar-refractivity contribution in [2.75, 3.05) is 18.5 Å². The molecule has 0 radical (unpaired) electrons. The first-order valence-electron chi connectivity index (χ1n) is 13.8. The molecule has 10 nitrogen and oxygen atoms in total. The molecule has 5 rings (SSSR count). The molecule has 11 heteroatoms. The number of non-ortho nitro benzene ring substituents is 1. The van der Waals surface area contributed by atoms with Crippen molar-refractivity contribution in [2.45, 2.75) is 40.0 Å². The molecule has 1 amide bonds. The van der Waals surface area contributed by atoms with Crippen molar-refractivity contribution in [1.29, 1.82) is 0 Å². The third-order valence-electron chi connectivity index (χ3n) is 7.25. The highest BCUT2D eigenvalue weighted by molar-refractivity contribution is 7.16. The van der Waals surface area contributed by atoms with E-state index in [1.165, 1.54) is 23.5 Å². The fourth-order valence-corrected chi connectivity index (χ4v) is 6.23. The molecule has 2 heterocycles. The summed E-state index contributed by atoms with van der Waals surface area (Å²) in [5, 5.41) is 14.9. The van der Waals surface area contributed by atoms with Crippen LogP contribution < -0.4 is 5.32 Å². The molecule has 0 aliphatic heterocycles. The zero-order valence-electron chi connectivity index (χ0n) is 23.9. The van der Waals surface area contributed by atoms with Crippen molar-refractivity contribution < 1.29 is 28.8 Å². The summed E-state index contributed by atoms with van der Waals surface area (Å²) in [4.78, 5) is 55.5. The Morgan fingerprint density at radius 2 is 1.81 bits per heavy atom. The number of nitrogens with one attached hydrogen (secondary N) is 1. The summed E-state index contributed by atoms with van der Waals surface area (Å²) in [6, 6.07) is 13.6.